The van der Waals surface area contributed by atoms with Crippen molar-refractivity contribution in [3.05, 3.63) is 95.8 Å². The molecule has 160 valence electrons. The van der Waals surface area contributed by atoms with Gasteiger partial charge in [0.2, 0.25) is 11.8 Å². The molecule has 31 heavy (non-hydrogen) atoms. The molecular weight excluding hydrogens is 391 g/mol. The SMILES string of the molecule is CC(C)CC(=O)N(Cc1ccccc1)c1ccc(CC(=O)Nc2cccc(F)c2)cc1. The van der Waals surface area contributed by atoms with Gasteiger partial charge in [0.05, 0.1) is 13.0 Å². The molecule has 0 atom stereocenters. The second kappa shape index (κ2) is 10.5. The Kier molecular flexibility index (Phi) is 7.55. The van der Waals surface area contributed by atoms with E-state index in [1.54, 1.807) is 17.0 Å². The Morgan fingerprint density at radius 3 is 2.26 bits per heavy atom. The highest BCUT2D eigenvalue weighted by Crippen LogP contribution is 2.21. The smallest absolute Gasteiger partial charge is 0.228 e. The average molecular weight is 419 g/mol. The molecule has 5 heteroatoms. The minimum Gasteiger partial charge on any atom is -0.326 e. The molecule has 3 aromatic rings. The van der Waals surface area contributed by atoms with E-state index in [-0.39, 0.29) is 24.2 Å². The van der Waals surface area contributed by atoms with E-state index in [0.29, 0.717) is 18.7 Å². The topological polar surface area (TPSA) is 49.4 Å². The normalized spacial score (nSPS) is 10.7. The monoisotopic (exact) mass is 418 g/mol. The maximum absolute atomic E-state index is 13.3. The van der Waals surface area contributed by atoms with Crippen LogP contribution in [0.5, 0.6) is 0 Å². The number of rotatable bonds is 8. The first-order valence-electron chi connectivity index (χ1n) is 10.4. The number of halogens is 1. The molecule has 0 bridgehead atoms. The van der Waals surface area contributed by atoms with Crippen molar-refractivity contribution in [2.45, 2.75) is 33.2 Å². The van der Waals surface area contributed by atoms with Crippen LogP contribution in [0.25, 0.3) is 0 Å². The van der Waals surface area contributed by atoms with Crippen LogP contribution in [0.1, 0.15) is 31.4 Å². The highest BCUT2D eigenvalue weighted by Gasteiger charge is 2.17. The molecule has 0 saturated heterocycles. The van der Waals surface area contributed by atoms with Gasteiger partial charge in [0.15, 0.2) is 0 Å². The summed E-state index contributed by atoms with van der Waals surface area (Å²) in [7, 11) is 0. The van der Waals surface area contributed by atoms with E-state index in [1.165, 1.54) is 12.1 Å². The Labute approximate surface area is 182 Å². The minimum atomic E-state index is -0.397. The number of nitrogens with one attached hydrogen (secondary N) is 1. The van der Waals surface area contributed by atoms with Gasteiger partial charge in [0, 0.05) is 17.8 Å². The number of benzene rings is 3. The zero-order valence-electron chi connectivity index (χ0n) is 17.8. The Bertz CT molecular complexity index is 1020. The first-order valence-corrected chi connectivity index (χ1v) is 10.4. The molecule has 0 heterocycles. The highest BCUT2D eigenvalue weighted by molar-refractivity contribution is 5.94. The molecule has 4 nitrogen and oxygen atoms in total. The molecule has 0 unspecified atom stereocenters. The number of hydrogen-bond donors (Lipinski definition) is 1. The van der Waals surface area contributed by atoms with Crippen LogP contribution in [-0.2, 0) is 22.6 Å². The molecule has 0 aromatic heterocycles. The van der Waals surface area contributed by atoms with E-state index >= 15 is 0 Å². The predicted molar refractivity (Wildman–Crippen MR) is 122 cm³/mol. The van der Waals surface area contributed by atoms with Gasteiger partial charge in [-0.25, -0.2) is 4.39 Å². The maximum Gasteiger partial charge on any atom is 0.228 e. The standard InChI is InChI=1S/C26H27FN2O2/c1-19(2)15-26(31)29(18-21-7-4-3-5-8-21)24-13-11-20(12-14-24)16-25(30)28-23-10-6-9-22(27)17-23/h3-14,17,19H,15-16,18H2,1-2H3,(H,28,30). The van der Waals surface area contributed by atoms with Crippen molar-refractivity contribution >= 4 is 23.2 Å². The molecule has 3 aromatic carbocycles. The fourth-order valence-electron chi connectivity index (χ4n) is 3.30. The lowest BCUT2D eigenvalue weighted by Crippen LogP contribution is -2.31. The molecule has 0 aliphatic carbocycles. The summed E-state index contributed by atoms with van der Waals surface area (Å²) in [5, 5.41) is 2.70. The van der Waals surface area contributed by atoms with Crippen molar-refractivity contribution in [3.8, 4) is 0 Å². The second-order valence-corrected chi connectivity index (χ2v) is 7.97. The summed E-state index contributed by atoms with van der Waals surface area (Å²) in [6.45, 7) is 4.55. The highest BCUT2D eigenvalue weighted by atomic mass is 19.1. The third-order valence-corrected chi connectivity index (χ3v) is 4.79. The molecule has 0 saturated carbocycles. The van der Waals surface area contributed by atoms with E-state index in [9.17, 15) is 14.0 Å². The van der Waals surface area contributed by atoms with Gasteiger partial charge in [-0.1, -0.05) is 62.4 Å². The van der Waals surface area contributed by atoms with E-state index in [1.807, 2.05) is 68.4 Å². The van der Waals surface area contributed by atoms with E-state index in [2.05, 4.69) is 5.32 Å². The zero-order valence-corrected chi connectivity index (χ0v) is 17.8. The quantitative estimate of drug-likeness (QED) is 0.519. The lowest BCUT2D eigenvalue weighted by atomic mass is 10.1. The number of carbonyl (C=O) groups excluding carboxylic acids is 2. The van der Waals surface area contributed by atoms with Gasteiger partial charge in [-0.2, -0.15) is 0 Å². The van der Waals surface area contributed by atoms with Crippen LogP contribution in [0, 0.1) is 11.7 Å². The Morgan fingerprint density at radius 1 is 0.903 bits per heavy atom. The van der Waals surface area contributed by atoms with Gasteiger partial charge >= 0.3 is 0 Å². The van der Waals surface area contributed by atoms with Gasteiger partial charge in [-0.15, -0.1) is 0 Å². The summed E-state index contributed by atoms with van der Waals surface area (Å²) in [5.41, 5.74) is 3.09. The van der Waals surface area contributed by atoms with Crippen molar-refractivity contribution in [2.24, 2.45) is 5.92 Å². The predicted octanol–water partition coefficient (Wildman–Crippen LogP) is 5.59. The van der Waals surface area contributed by atoms with Crippen LogP contribution in [0.4, 0.5) is 15.8 Å². The molecule has 0 fully saturated rings. The first-order chi connectivity index (χ1) is 14.9. The lowest BCUT2D eigenvalue weighted by molar-refractivity contribution is -0.119. The molecule has 0 spiro atoms. The van der Waals surface area contributed by atoms with E-state index in [4.69, 9.17) is 0 Å². The molecular formula is C26H27FN2O2. The Morgan fingerprint density at radius 2 is 1.61 bits per heavy atom. The van der Waals surface area contributed by atoms with Crippen LogP contribution in [0.15, 0.2) is 78.9 Å². The fraction of sp³-hybridized carbons (Fsp3) is 0.231. The second-order valence-electron chi connectivity index (χ2n) is 7.97. The first kappa shape index (κ1) is 22.2. The van der Waals surface area contributed by atoms with E-state index in [0.717, 1.165) is 16.8 Å². The summed E-state index contributed by atoms with van der Waals surface area (Å²) in [5.74, 6) is -0.297. The molecule has 0 aliphatic rings. The summed E-state index contributed by atoms with van der Waals surface area (Å²) in [6, 6.07) is 23.1. The van der Waals surface area contributed by atoms with Crippen LogP contribution >= 0.6 is 0 Å². The summed E-state index contributed by atoms with van der Waals surface area (Å²) < 4.78 is 13.3. The third-order valence-electron chi connectivity index (χ3n) is 4.79. The van der Waals surface area contributed by atoms with Crippen molar-refractivity contribution in [3.63, 3.8) is 0 Å². The molecule has 3 rings (SSSR count). The van der Waals surface area contributed by atoms with Crippen molar-refractivity contribution in [1.29, 1.82) is 0 Å². The molecule has 0 radical (unpaired) electrons. The molecule has 2 amide bonds. The fourth-order valence-corrected chi connectivity index (χ4v) is 3.30. The maximum atomic E-state index is 13.3. The van der Waals surface area contributed by atoms with Crippen LogP contribution in [0.2, 0.25) is 0 Å². The van der Waals surface area contributed by atoms with Crippen LogP contribution < -0.4 is 10.2 Å². The van der Waals surface area contributed by atoms with Gasteiger partial charge < -0.3 is 10.2 Å². The zero-order chi connectivity index (χ0) is 22.2. The Balaban J connectivity index is 1.71. The Hall–Kier alpha value is -3.47. The molecule has 0 aliphatic heterocycles. The summed E-state index contributed by atoms with van der Waals surface area (Å²) >= 11 is 0. The number of carbonyl (C=O) groups is 2. The van der Waals surface area contributed by atoms with Crippen LogP contribution in [0.3, 0.4) is 0 Å². The number of hydrogen-bond acceptors (Lipinski definition) is 2. The van der Waals surface area contributed by atoms with Crippen molar-refractivity contribution < 1.29 is 14.0 Å². The van der Waals surface area contributed by atoms with E-state index < -0.39 is 5.82 Å². The third kappa shape index (κ3) is 6.78. The minimum absolute atomic E-state index is 0.0652. The summed E-state index contributed by atoms with van der Waals surface area (Å²) in [6.07, 6.45) is 0.625. The van der Waals surface area contributed by atoms with Crippen molar-refractivity contribution in [2.75, 3.05) is 10.2 Å². The average Bonchev–Trinajstić information content (AvgIpc) is 2.73. The van der Waals surface area contributed by atoms with Crippen LogP contribution in [-0.4, -0.2) is 11.8 Å². The molecule has 1 N–H and O–H groups in total. The van der Waals surface area contributed by atoms with Gasteiger partial charge in [0.1, 0.15) is 5.82 Å². The number of amides is 2. The number of anilines is 2. The van der Waals surface area contributed by atoms with Gasteiger partial charge in [-0.05, 0) is 47.4 Å². The van der Waals surface area contributed by atoms with Crippen molar-refractivity contribution in [1.82, 2.24) is 0 Å². The van der Waals surface area contributed by atoms with Gasteiger partial charge in [-0.3, -0.25) is 9.59 Å². The summed E-state index contributed by atoms with van der Waals surface area (Å²) in [4.78, 5) is 27.0. The largest absolute Gasteiger partial charge is 0.326 e. The van der Waals surface area contributed by atoms with Gasteiger partial charge in [0.25, 0.3) is 0 Å². The lowest BCUT2D eigenvalue weighted by Gasteiger charge is -2.24. The number of nitrogens with zero attached hydrogens (tertiary/aromatic N) is 1.